The van der Waals surface area contributed by atoms with Gasteiger partial charge in [-0.1, -0.05) is 25.7 Å². The molecule has 0 saturated heterocycles. The van der Waals surface area contributed by atoms with E-state index < -0.39 is 5.60 Å². The quantitative estimate of drug-likeness (QED) is 0.748. The van der Waals surface area contributed by atoms with Crippen molar-refractivity contribution in [3.05, 3.63) is 0 Å². The van der Waals surface area contributed by atoms with Crippen LogP contribution in [0.15, 0.2) is 0 Å². The van der Waals surface area contributed by atoms with Crippen LogP contribution in [0.1, 0.15) is 51.4 Å². The molecule has 0 amide bonds. The first-order valence-corrected chi connectivity index (χ1v) is 6.81. The van der Waals surface area contributed by atoms with Crippen LogP contribution < -0.4 is 0 Å². The van der Waals surface area contributed by atoms with E-state index in [-0.39, 0.29) is 6.61 Å². The second-order valence-corrected chi connectivity index (χ2v) is 5.56. The first-order chi connectivity index (χ1) is 7.73. The van der Waals surface area contributed by atoms with E-state index in [0.29, 0.717) is 6.04 Å². The van der Waals surface area contributed by atoms with Gasteiger partial charge in [-0.2, -0.15) is 0 Å². The van der Waals surface area contributed by atoms with Gasteiger partial charge in [-0.3, -0.25) is 4.90 Å². The highest BCUT2D eigenvalue weighted by molar-refractivity contribution is 4.90. The van der Waals surface area contributed by atoms with Crippen LogP contribution in [0.4, 0.5) is 0 Å². The molecule has 0 aliphatic heterocycles. The third-order valence-electron chi connectivity index (χ3n) is 4.26. The topological polar surface area (TPSA) is 43.7 Å². The largest absolute Gasteiger partial charge is 0.395 e. The Morgan fingerprint density at radius 1 is 1.06 bits per heavy atom. The second-order valence-electron chi connectivity index (χ2n) is 5.56. The number of nitrogens with zero attached hydrogens (tertiary/aromatic N) is 1. The Morgan fingerprint density at radius 3 is 2.25 bits per heavy atom. The van der Waals surface area contributed by atoms with Gasteiger partial charge in [-0.15, -0.1) is 0 Å². The highest BCUT2D eigenvalue weighted by Crippen LogP contribution is 2.32. The molecule has 0 atom stereocenters. The molecule has 2 rings (SSSR count). The summed E-state index contributed by atoms with van der Waals surface area (Å²) in [4.78, 5) is 2.33. The predicted molar refractivity (Wildman–Crippen MR) is 64.3 cm³/mol. The van der Waals surface area contributed by atoms with Gasteiger partial charge in [0, 0.05) is 19.1 Å². The van der Waals surface area contributed by atoms with Crippen LogP contribution in [0.5, 0.6) is 0 Å². The van der Waals surface area contributed by atoms with Gasteiger partial charge in [0.15, 0.2) is 0 Å². The molecule has 0 spiro atoms. The van der Waals surface area contributed by atoms with E-state index in [1.165, 1.54) is 25.7 Å². The molecule has 2 aliphatic carbocycles. The number of hydrogen-bond donors (Lipinski definition) is 2. The summed E-state index contributed by atoms with van der Waals surface area (Å²) in [6.45, 7) is 1.72. The Balaban J connectivity index is 1.90. The van der Waals surface area contributed by atoms with E-state index in [1.54, 1.807) is 0 Å². The molecule has 0 aromatic rings. The lowest BCUT2D eigenvalue weighted by molar-refractivity contribution is -0.00740. The fraction of sp³-hybridized carbons (Fsp3) is 1.00. The third-order valence-corrected chi connectivity index (χ3v) is 4.26. The highest BCUT2D eigenvalue weighted by Gasteiger charge is 2.35. The Morgan fingerprint density at radius 2 is 1.69 bits per heavy atom. The zero-order chi connectivity index (χ0) is 11.4. The Bertz CT molecular complexity index is 208. The summed E-state index contributed by atoms with van der Waals surface area (Å²) in [5.41, 5.74) is -0.461. The maximum atomic E-state index is 10.4. The highest BCUT2D eigenvalue weighted by atomic mass is 16.3. The van der Waals surface area contributed by atoms with Crippen LogP contribution in [-0.4, -0.2) is 46.5 Å². The summed E-state index contributed by atoms with van der Waals surface area (Å²) < 4.78 is 0. The van der Waals surface area contributed by atoms with Crippen molar-refractivity contribution in [1.82, 2.24) is 4.90 Å². The monoisotopic (exact) mass is 227 g/mol. The van der Waals surface area contributed by atoms with Crippen molar-refractivity contribution in [2.24, 2.45) is 0 Å². The minimum atomic E-state index is -0.461. The molecule has 0 aromatic heterocycles. The van der Waals surface area contributed by atoms with Crippen molar-refractivity contribution in [2.75, 3.05) is 19.7 Å². The molecular formula is C13H25NO2. The summed E-state index contributed by atoms with van der Waals surface area (Å²) in [7, 11) is 0. The average molecular weight is 227 g/mol. The molecule has 0 heterocycles. The average Bonchev–Trinajstić information content (AvgIpc) is 2.88. The summed E-state index contributed by atoms with van der Waals surface area (Å²) in [5.74, 6) is 0. The van der Waals surface area contributed by atoms with Gasteiger partial charge >= 0.3 is 0 Å². The van der Waals surface area contributed by atoms with Crippen molar-refractivity contribution >= 4 is 0 Å². The Kier molecular flexibility index (Phi) is 4.22. The number of aliphatic hydroxyl groups excluding tert-OH is 1. The van der Waals surface area contributed by atoms with E-state index >= 15 is 0 Å². The maximum absolute atomic E-state index is 10.4. The first-order valence-electron chi connectivity index (χ1n) is 6.81. The van der Waals surface area contributed by atoms with E-state index in [2.05, 4.69) is 4.90 Å². The van der Waals surface area contributed by atoms with Gasteiger partial charge in [-0.25, -0.2) is 0 Å². The maximum Gasteiger partial charge on any atom is 0.0774 e. The lowest BCUT2D eigenvalue weighted by Gasteiger charge is -2.35. The predicted octanol–water partition coefficient (Wildman–Crippen LogP) is 1.53. The van der Waals surface area contributed by atoms with E-state index in [1.807, 2.05) is 0 Å². The minimum absolute atomic E-state index is 0.215. The minimum Gasteiger partial charge on any atom is -0.395 e. The van der Waals surface area contributed by atoms with Crippen molar-refractivity contribution in [1.29, 1.82) is 0 Å². The smallest absolute Gasteiger partial charge is 0.0774 e. The van der Waals surface area contributed by atoms with Gasteiger partial charge in [0.25, 0.3) is 0 Å². The van der Waals surface area contributed by atoms with Crippen LogP contribution in [0.2, 0.25) is 0 Å². The molecular weight excluding hydrogens is 202 g/mol. The number of hydrogen-bond acceptors (Lipinski definition) is 3. The molecule has 0 radical (unpaired) electrons. The third kappa shape index (κ3) is 2.96. The van der Waals surface area contributed by atoms with Crippen LogP contribution >= 0.6 is 0 Å². The molecule has 3 heteroatoms. The van der Waals surface area contributed by atoms with Gasteiger partial charge < -0.3 is 10.2 Å². The molecule has 94 valence electrons. The van der Waals surface area contributed by atoms with E-state index in [0.717, 1.165) is 38.8 Å². The standard InChI is InChI=1S/C13H25NO2/c15-10-9-14(12-5-1-2-6-12)11-13(16)7-3-4-8-13/h12,15-16H,1-11H2. The summed E-state index contributed by atoms with van der Waals surface area (Å²) >= 11 is 0. The summed E-state index contributed by atoms with van der Waals surface area (Å²) in [5, 5.41) is 19.6. The van der Waals surface area contributed by atoms with Gasteiger partial charge in [0.1, 0.15) is 0 Å². The molecule has 2 saturated carbocycles. The Hall–Kier alpha value is -0.120. The SMILES string of the molecule is OCCN(CC1(O)CCCC1)C1CCCC1. The Labute approximate surface area is 98.5 Å². The normalized spacial score (nSPS) is 25.7. The van der Waals surface area contributed by atoms with Crippen LogP contribution in [0.3, 0.4) is 0 Å². The second kappa shape index (κ2) is 5.48. The van der Waals surface area contributed by atoms with Crippen molar-refractivity contribution in [3.63, 3.8) is 0 Å². The van der Waals surface area contributed by atoms with Crippen molar-refractivity contribution in [2.45, 2.75) is 63.0 Å². The molecule has 16 heavy (non-hydrogen) atoms. The first kappa shape index (κ1) is 12.3. The molecule has 0 aromatic carbocycles. The molecule has 2 aliphatic rings. The number of rotatable bonds is 5. The summed E-state index contributed by atoms with van der Waals surface area (Å²) in [6.07, 6.45) is 9.33. The molecule has 2 fully saturated rings. The van der Waals surface area contributed by atoms with E-state index in [4.69, 9.17) is 5.11 Å². The van der Waals surface area contributed by atoms with Crippen molar-refractivity contribution in [3.8, 4) is 0 Å². The summed E-state index contributed by atoms with van der Waals surface area (Å²) in [6, 6.07) is 0.608. The molecule has 2 N–H and O–H groups in total. The van der Waals surface area contributed by atoms with Crippen LogP contribution in [0, 0.1) is 0 Å². The van der Waals surface area contributed by atoms with Crippen molar-refractivity contribution < 1.29 is 10.2 Å². The molecule has 3 nitrogen and oxygen atoms in total. The molecule has 0 unspecified atom stereocenters. The number of aliphatic hydroxyl groups is 2. The zero-order valence-corrected chi connectivity index (χ0v) is 10.2. The van der Waals surface area contributed by atoms with Crippen LogP contribution in [-0.2, 0) is 0 Å². The van der Waals surface area contributed by atoms with Gasteiger partial charge in [0.05, 0.1) is 12.2 Å². The lowest BCUT2D eigenvalue weighted by Crippen LogP contribution is -2.46. The zero-order valence-electron chi connectivity index (χ0n) is 10.2. The van der Waals surface area contributed by atoms with Gasteiger partial charge in [-0.05, 0) is 25.7 Å². The fourth-order valence-corrected chi connectivity index (χ4v) is 3.36. The van der Waals surface area contributed by atoms with Crippen LogP contribution in [0.25, 0.3) is 0 Å². The fourth-order valence-electron chi connectivity index (χ4n) is 3.36. The van der Waals surface area contributed by atoms with E-state index in [9.17, 15) is 5.11 Å². The van der Waals surface area contributed by atoms with Gasteiger partial charge in [0.2, 0.25) is 0 Å². The lowest BCUT2D eigenvalue weighted by atomic mass is 10.0. The molecule has 0 bridgehead atoms.